The van der Waals surface area contributed by atoms with Gasteiger partial charge in [0.1, 0.15) is 0 Å². The van der Waals surface area contributed by atoms with Crippen LogP contribution in [0.15, 0.2) is 24.3 Å². The molecule has 0 aliphatic carbocycles. The van der Waals surface area contributed by atoms with Gasteiger partial charge in [-0.2, -0.15) is 0 Å². The van der Waals surface area contributed by atoms with Gasteiger partial charge in [-0.25, -0.2) is 0 Å². The van der Waals surface area contributed by atoms with E-state index < -0.39 is 0 Å². The number of benzene rings is 1. The molecular formula is C13H19ClO. The van der Waals surface area contributed by atoms with E-state index in [0.29, 0.717) is 12.5 Å². The van der Waals surface area contributed by atoms with E-state index in [0.717, 1.165) is 11.6 Å². The van der Waals surface area contributed by atoms with Crippen molar-refractivity contribution < 1.29 is 4.74 Å². The highest BCUT2D eigenvalue weighted by atomic mass is 35.5. The van der Waals surface area contributed by atoms with E-state index >= 15 is 0 Å². The molecule has 0 aliphatic heterocycles. The van der Waals surface area contributed by atoms with Crippen LogP contribution in [0.3, 0.4) is 0 Å². The quantitative estimate of drug-likeness (QED) is 0.703. The summed E-state index contributed by atoms with van der Waals surface area (Å²) in [4.78, 5) is 0. The zero-order valence-electron chi connectivity index (χ0n) is 9.50. The van der Waals surface area contributed by atoms with Gasteiger partial charge in [0.05, 0.1) is 6.61 Å². The van der Waals surface area contributed by atoms with Crippen molar-refractivity contribution in [2.45, 2.75) is 33.3 Å². The van der Waals surface area contributed by atoms with Crippen LogP contribution < -0.4 is 0 Å². The summed E-state index contributed by atoms with van der Waals surface area (Å²) in [6.07, 6.45) is 2.46. The highest BCUT2D eigenvalue weighted by molar-refractivity contribution is 6.30. The Labute approximate surface area is 97.4 Å². The average molecular weight is 227 g/mol. The number of hydrogen-bond donors (Lipinski definition) is 0. The van der Waals surface area contributed by atoms with Gasteiger partial charge in [0.15, 0.2) is 0 Å². The Kier molecular flexibility index (Phi) is 5.74. The third kappa shape index (κ3) is 5.19. The van der Waals surface area contributed by atoms with E-state index in [9.17, 15) is 0 Å². The Morgan fingerprint density at radius 2 is 1.93 bits per heavy atom. The topological polar surface area (TPSA) is 9.23 Å². The Morgan fingerprint density at radius 3 is 2.53 bits per heavy atom. The lowest BCUT2D eigenvalue weighted by Gasteiger charge is -2.10. The van der Waals surface area contributed by atoms with Crippen LogP contribution in [0.4, 0.5) is 0 Å². The Balaban J connectivity index is 2.22. The molecule has 0 bridgehead atoms. The Hall–Kier alpha value is -0.530. The summed E-state index contributed by atoms with van der Waals surface area (Å²) >= 11 is 5.80. The summed E-state index contributed by atoms with van der Waals surface area (Å²) in [5, 5.41) is 0.776. The number of rotatable bonds is 6. The summed E-state index contributed by atoms with van der Waals surface area (Å²) < 4.78 is 5.63. The van der Waals surface area contributed by atoms with Crippen molar-refractivity contribution in [2.24, 2.45) is 5.92 Å². The van der Waals surface area contributed by atoms with Gasteiger partial charge in [0.25, 0.3) is 0 Å². The minimum Gasteiger partial charge on any atom is -0.376 e. The largest absolute Gasteiger partial charge is 0.376 e. The van der Waals surface area contributed by atoms with Gasteiger partial charge in [-0.3, -0.25) is 0 Å². The smallest absolute Gasteiger partial charge is 0.0717 e. The normalized spacial score (nSPS) is 12.7. The highest BCUT2D eigenvalue weighted by Gasteiger charge is 2.00. The van der Waals surface area contributed by atoms with Crippen molar-refractivity contribution in [3.8, 4) is 0 Å². The lowest BCUT2D eigenvalue weighted by Crippen LogP contribution is -2.05. The zero-order chi connectivity index (χ0) is 11.1. The number of ether oxygens (including phenoxy) is 1. The molecule has 0 fully saturated rings. The molecule has 1 atom stereocenters. The monoisotopic (exact) mass is 226 g/mol. The van der Waals surface area contributed by atoms with Gasteiger partial charge >= 0.3 is 0 Å². The second-order valence-electron chi connectivity index (χ2n) is 4.04. The van der Waals surface area contributed by atoms with E-state index in [4.69, 9.17) is 16.3 Å². The molecule has 0 aromatic heterocycles. The summed E-state index contributed by atoms with van der Waals surface area (Å²) in [7, 11) is 0. The van der Waals surface area contributed by atoms with Crippen LogP contribution in [-0.4, -0.2) is 6.61 Å². The van der Waals surface area contributed by atoms with Crippen molar-refractivity contribution in [2.75, 3.05) is 6.61 Å². The molecule has 0 aliphatic rings. The molecule has 0 amide bonds. The predicted molar refractivity (Wildman–Crippen MR) is 65.2 cm³/mol. The molecule has 84 valence electrons. The minimum atomic E-state index is 0.655. The standard InChI is InChI=1S/C13H19ClO/c1-3-4-11(2)9-15-10-12-5-7-13(14)8-6-12/h5-8,11H,3-4,9-10H2,1-2H3/t11-/m1/s1. The van der Waals surface area contributed by atoms with E-state index in [2.05, 4.69) is 13.8 Å². The van der Waals surface area contributed by atoms with Crippen LogP contribution in [0.1, 0.15) is 32.3 Å². The van der Waals surface area contributed by atoms with Crippen molar-refractivity contribution in [3.63, 3.8) is 0 Å². The first-order chi connectivity index (χ1) is 7.22. The van der Waals surface area contributed by atoms with Crippen LogP contribution in [0.25, 0.3) is 0 Å². The molecule has 1 nitrogen and oxygen atoms in total. The molecule has 0 radical (unpaired) electrons. The Morgan fingerprint density at radius 1 is 1.27 bits per heavy atom. The fourth-order valence-electron chi connectivity index (χ4n) is 1.53. The summed E-state index contributed by atoms with van der Waals surface area (Å²) in [5.74, 6) is 0.655. The van der Waals surface area contributed by atoms with Crippen LogP contribution in [0.2, 0.25) is 5.02 Å². The molecule has 0 saturated carbocycles. The van der Waals surface area contributed by atoms with Gasteiger partial charge < -0.3 is 4.74 Å². The van der Waals surface area contributed by atoms with Gasteiger partial charge in [-0.1, -0.05) is 44.0 Å². The molecule has 1 rings (SSSR count). The molecule has 0 heterocycles. The predicted octanol–water partition coefficient (Wildman–Crippen LogP) is 4.29. The van der Waals surface area contributed by atoms with Crippen molar-refractivity contribution in [1.29, 1.82) is 0 Å². The van der Waals surface area contributed by atoms with Gasteiger partial charge in [-0.15, -0.1) is 0 Å². The second-order valence-corrected chi connectivity index (χ2v) is 4.47. The van der Waals surface area contributed by atoms with Gasteiger partial charge in [0, 0.05) is 11.6 Å². The zero-order valence-corrected chi connectivity index (χ0v) is 10.3. The minimum absolute atomic E-state index is 0.655. The highest BCUT2D eigenvalue weighted by Crippen LogP contribution is 2.11. The van der Waals surface area contributed by atoms with Crippen LogP contribution in [0.5, 0.6) is 0 Å². The molecule has 0 N–H and O–H groups in total. The molecule has 0 unspecified atom stereocenters. The van der Waals surface area contributed by atoms with Crippen LogP contribution >= 0.6 is 11.6 Å². The third-order valence-corrected chi connectivity index (χ3v) is 2.62. The molecule has 1 aromatic carbocycles. The van der Waals surface area contributed by atoms with E-state index in [-0.39, 0.29) is 0 Å². The first-order valence-electron chi connectivity index (χ1n) is 5.54. The molecule has 15 heavy (non-hydrogen) atoms. The van der Waals surface area contributed by atoms with E-state index in [1.807, 2.05) is 24.3 Å². The van der Waals surface area contributed by atoms with Crippen molar-refractivity contribution >= 4 is 11.6 Å². The van der Waals surface area contributed by atoms with Crippen LogP contribution in [-0.2, 0) is 11.3 Å². The van der Waals surface area contributed by atoms with E-state index in [1.54, 1.807) is 0 Å². The third-order valence-electron chi connectivity index (χ3n) is 2.37. The van der Waals surface area contributed by atoms with Crippen molar-refractivity contribution in [3.05, 3.63) is 34.9 Å². The molecular weight excluding hydrogens is 208 g/mol. The second kappa shape index (κ2) is 6.86. The first kappa shape index (κ1) is 12.5. The molecule has 0 saturated heterocycles. The van der Waals surface area contributed by atoms with Crippen molar-refractivity contribution in [1.82, 2.24) is 0 Å². The molecule has 0 spiro atoms. The Bertz CT molecular complexity index is 268. The fourth-order valence-corrected chi connectivity index (χ4v) is 1.66. The lowest BCUT2D eigenvalue weighted by atomic mass is 10.1. The SMILES string of the molecule is CCC[C@@H](C)COCc1ccc(Cl)cc1. The summed E-state index contributed by atoms with van der Waals surface area (Å²) in [6, 6.07) is 7.81. The van der Waals surface area contributed by atoms with Gasteiger partial charge in [-0.05, 0) is 30.0 Å². The van der Waals surface area contributed by atoms with Gasteiger partial charge in [0.2, 0.25) is 0 Å². The summed E-state index contributed by atoms with van der Waals surface area (Å²) in [5.41, 5.74) is 1.18. The average Bonchev–Trinajstić information content (AvgIpc) is 2.21. The van der Waals surface area contributed by atoms with Crippen LogP contribution in [0, 0.1) is 5.92 Å². The molecule has 1 aromatic rings. The first-order valence-corrected chi connectivity index (χ1v) is 5.92. The number of halogens is 1. The molecule has 2 heteroatoms. The maximum Gasteiger partial charge on any atom is 0.0717 e. The van der Waals surface area contributed by atoms with E-state index in [1.165, 1.54) is 18.4 Å². The summed E-state index contributed by atoms with van der Waals surface area (Å²) in [6.45, 7) is 5.96. The lowest BCUT2D eigenvalue weighted by molar-refractivity contribution is 0.0893. The fraction of sp³-hybridized carbons (Fsp3) is 0.538. The maximum atomic E-state index is 5.80. The number of hydrogen-bond acceptors (Lipinski definition) is 1. The maximum absolute atomic E-state index is 5.80.